The van der Waals surface area contributed by atoms with Crippen molar-refractivity contribution < 1.29 is 32.3 Å². The minimum atomic E-state index is -5.17. The molecule has 1 aromatic rings. The highest BCUT2D eigenvalue weighted by Crippen LogP contribution is 2.65. The molecule has 4 rings (SSSR count). The summed E-state index contributed by atoms with van der Waals surface area (Å²) in [5.41, 5.74) is 7.03. The Morgan fingerprint density at radius 1 is 1.21 bits per heavy atom. The van der Waals surface area contributed by atoms with Crippen LogP contribution in [0.2, 0.25) is 0 Å². The van der Waals surface area contributed by atoms with E-state index >= 15 is 0 Å². The summed E-state index contributed by atoms with van der Waals surface area (Å²) in [5, 5.41) is 4.59. The molecule has 1 aliphatic heterocycles. The number of hydrogen-bond donors (Lipinski definition) is 3. The Bertz CT molecular complexity index is 1160. The number of aromatic nitrogens is 1. The van der Waals surface area contributed by atoms with Crippen molar-refractivity contribution in [3.63, 3.8) is 0 Å². The largest absolute Gasteiger partial charge is 0.471 e. The van der Waals surface area contributed by atoms with Gasteiger partial charge in [-0.2, -0.15) is 13.2 Å². The lowest BCUT2D eigenvalue weighted by molar-refractivity contribution is -0.176. The normalized spacial score (nSPS) is 27.1. The Morgan fingerprint density at radius 3 is 2.46 bits per heavy atom. The first-order valence-corrected chi connectivity index (χ1v) is 14.0. The number of thiazole rings is 1. The second kappa shape index (κ2) is 10.0. The van der Waals surface area contributed by atoms with Gasteiger partial charge in [-0.05, 0) is 48.3 Å². The van der Waals surface area contributed by atoms with Gasteiger partial charge in [0.05, 0.1) is 11.2 Å². The summed E-state index contributed by atoms with van der Waals surface area (Å²) in [4.78, 5) is 58.4. The first-order valence-electron chi connectivity index (χ1n) is 13.1. The molecule has 6 atom stereocenters. The van der Waals surface area contributed by atoms with Gasteiger partial charge >= 0.3 is 12.1 Å². The number of carbonyl (C=O) groups is 4. The average molecular weight is 572 g/mol. The number of halogens is 3. The Morgan fingerprint density at radius 2 is 1.87 bits per heavy atom. The predicted molar refractivity (Wildman–Crippen MR) is 137 cm³/mol. The molecular weight excluding hydrogens is 535 g/mol. The molecule has 39 heavy (non-hydrogen) atoms. The molecule has 3 aliphatic rings. The van der Waals surface area contributed by atoms with Crippen LogP contribution in [0.3, 0.4) is 0 Å². The number of nitrogens with zero attached hydrogens (tertiary/aromatic N) is 2. The molecule has 2 fully saturated rings. The van der Waals surface area contributed by atoms with Crippen LogP contribution in [0.4, 0.5) is 13.2 Å². The van der Waals surface area contributed by atoms with Crippen molar-refractivity contribution >= 4 is 35.0 Å². The minimum Gasteiger partial charge on any atom is -0.368 e. The van der Waals surface area contributed by atoms with Gasteiger partial charge in [0.2, 0.25) is 17.7 Å². The summed E-state index contributed by atoms with van der Waals surface area (Å²) >= 11 is 1.56. The number of piperidine rings is 1. The number of nitrogens with one attached hydrogen (secondary N) is 2. The van der Waals surface area contributed by atoms with Crippen molar-refractivity contribution in [2.24, 2.45) is 28.4 Å². The molecule has 1 saturated carbocycles. The van der Waals surface area contributed by atoms with E-state index in [0.29, 0.717) is 0 Å². The Labute approximate surface area is 229 Å². The fraction of sp³-hybridized carbons (Fsp3) is 0.731. The van der Waals surface area contributed by atoms with E-state index in [1.807, 2.05) is 19.2 Å². The van der Waals surface area contributed by atoms with Crippen LogP contribution in [0.15, 0.2) is 5.51 Å². The highest BCUT2D eigenvalue weighted by molar-refractivity contribution is 7.09. The summed E-state index contributed by atoms with van der Waals surface area (Å²) in [6.07, 6.45) is -2.25. The minimum absolute atomic E-state index is 0.0425. The molecule has 0 radical (unpaired) electrons. The molecule has 9 nitrogen and oxygen atoms in total. The number of nitrogens with two attached hydrogens (primary N) is 1. The van der Waals surface area contributed by atoms with Crippen LogP contribution in [-0.4, -0.2) is 64.4 Å². The summed E-state index contributed by atoms with van der Waals surface area (Å²) < 4.78 is 39.1. The van der Waals surface area contributed by atoms with Gasteiger partial charge in [-0.25, -0.2) is 4.98 Å². The van der Waals surface area contributed by atoms with Crippen molar-refractivity contribution in [1.82, 2.24) is 20.5 Å². The van der Waals surface area contributed by atoms with Crippen LogP contribution < -0.4 is 16.4 Å². The Balaban J connectivity index is 1.55. The second-order valence-electron chi connectivity index (χ2n) is 12.6. The first kappa shape index (κ1) is 29.3. The third kappa shape index (κ3) is 5.64. The lowest BCUT2D eigenvalue weighted by Crippen LogP contribution is -2.61. The molecule has 2 heterocycles. The maximum Gasteiger partial charge on any atom is 0.471 e. The fourth-order valence-corrected chi connectivity index (χ4v) is 7.20. The summed E-state index contributed by atoms with van der Waals surface area (Å²) in [5.74, 6) is -4.60. The third-order valence-corrected chi connectivity index (χ3v) is 9.51. The highest BCUT2D eigenvalue weighted by atomic mass is 32.1. The van der Waals surface area contributed by atoms with Gasteiger partial charge in [0.15, 0.2) is 0 Å². The molecule has 4 N–H and O–H groups in total. The van der Waals surface area contributed by atoms with Crippen molar-refractivity contribution in [2.45, 2.75) is 90.5 Å². The van der Waals surface area contributed by atoms with Gasteiger partial charge in [0, 0.05) is 17.3 Å². The van der Waals surface area contributed by atoms with Crippen molar-refractivity contribution in [3.05, 3.63) is 16.1 Å². The number of likely N-dealkylation sites (tertiary alicyclic amines) is 1. The number of fused-ring (bicyclic) bond motifs is 2. The predicted octanol–water partition coefficient (Wildman–Crippen LogP) is 2.50. The molecule has 4 amide bonds. The zero-order valence-corrected chi connectivity index (χ0v) is 23.5. The van der Waals surface area contributed by atoms with Crippen molar-refractivity contribution in [1.29, 1.82) is 0 Å². The van der Waals surface area contributed by atoms with E-state index in [1.54, 1.807) is 37.6 Å². The number of amides is 4. The zero-order chi connectivity index (χ0) is 29.1. The maximum absolute atomic E-state index is 13.7. The molecule has 0 aromatic carbocycles. The smallest absolute Gasteiger partial charge is 0.368 e. The molecular formula is C26H36F3N5O4S. The van der Waals surface area contributed by atoms with Crippen LogP contribution in [0.5, 0.6) is 0 Å². The lowest BCUT2D eigenvalue weighted by atomic mass is 9.85. The van der Waals surface area contributed by atoms with E-state index in [4.69, 9.17) is 5.73 Å². The molecule has 3 unspecified atom stereocenters. The third-order valence-electron chi connectivity index (χ3n) is 8.60. The number of carbonyl (C=O) groups excluding carboxylic acids is 4. The van der Waals surface area contributed by atoms with E-state index in [9.17, 15) is 32.3 Å². The molecule has 0 bridgehead atoms. The monoisotopic (exact) mass is 571 g/mol. The quantitative estimate of drug-likeness (QED) is 0.462. The molecule has 13 heteroatoms. The van der Waals surface area contributed by atoms with Gasteiger partial charge in [-0.1, -0.05) is 34.6 Å². The molecule has 0 spiro atoms. The number of primary amides is 1. The van der Waals surface area contributed by atoms with Crippen molar-refractivity contribution in [2.75, 3.05) is 6.54 Å². The lowest BCUT2D eigenvalue weighted by Gasteiger charge is -2.38. The molecule has 1 aromatic heterocycles. The molecule has 2 aliphatic carbocycles. The van der Waals surface area contributed by atoms with E-state index in [2.05, 4.69) is 10.3 Å². The highest BCUT2D eigenvalue weighted by Gasteiger charge is 2.70. The molecule has 1 saturated heterocycles. The topological polar surface area (TPSA) is 134 Å². The van der Waals surface area contributed by atoms with Crippen LogP contribution in [0.25, 0.3) is 0 Å². The van der Waals surface area contributed by atoms with Gasteiger partial charge in [-0.15, -0.1) is 11.3 Å². The molecule has 216 valence electrons. The van der Waals surface area contributed by atoms with E-state index in [1.165, 1.54) is 4.90 Å². The van der Waals surface area contributed by atoms with E-state index in [-0.39, 0.29) is 36.1 Å². The van der Waals surface area contributed by atoms with Gasteiger partial charge in [-0.3, -0.25) is 19.2 Å². The zero-order valence-electron chi connectivity index (χ0n) is 22.7. The summed E-state index contributed by atoms with van der Waals surface area (Å²) in [6.45, 7) is 8.73. The number of rotatable bonds is 7. The summed E-state index contributed by atoms with van der Waals surface area (Å²) in [6, 6.07) is -3.52. The summed E-state index contributed by atoms with van der Waals surface area (Å²) in [7, 11) is 0. The van der Waals surface area contributed by atoms with Crippen LogP contribution in [-0.2, 0) is 25.6 Å². The van der Waals surface area contributed by atoms with Gasteiger partial charge < -0.3 is 21.3 Å². The van der Waals surface area contributed by atoms with E-state index in [0.717, 1.165) is 29.8 Å². The standard InChI is InChI=1S/C26H36F3N5O4S/c1-24(2,3)19(33-23(38)26(27,28)29)22(37)34-10-13-16(25(13,4)5)18(34)21(36)32-14(20(30)35)9-12-7-6-8-15-17(12)31-11-39-15/h11-14,16,18-19H,6-10H2,1-5H3,(H2,30,35)(H,32,36)(H,33,38)/t12?,13-,14?,16-,18-,19?/m0/s1. The van der Waals surface area contributed by atoms with Crippen LogP contribution in [0, 0.1) is 22.7 Å². The second-order valence-corrected chi connectivity index (χ2v) is 13.5. The average Bonchev–Trinajstić information content (AvgIpc) is 3.24. The SMILES string of the molecule is CC(C)(C)C(NC(=O)C(F)(F)F)C(=O)N1C[C@H]2[C@@H]([C@H]1C(=O)NC(CC1CCCc3scnc31)C(N)=O)C2(C)C. The number of aryl methyl sites for hydroxylation is 1. The number of alkyl halides is 3. The van der Waals surface area contributed by atoms with Crippen LogP contribution >= 0.6 is 11.3 Å². The van der Waals surface area contributed by atoms with Crippen molar-refractivity contribution in [3.8, 4) is 0 Å². The van der Waals surface area contributed by atoms with Gasteiger partial charge in [0.25, 0.3) is 0 Å². The van der Waals surface area contributed by atoms with Gasteiger partial charge in [0.1, 0.15) is 18.1 Å². The Hall–Kier alpha value is -2.70. The van der Waals surface area contributed by atoms with E-state index < -0.39 is 53.3 Å². The Kier molecular flexibility index (Phi) is 7.54. The van der Waals surface area contributed by atoms with Crippen LogP contribution in [0.1, 0.15) is 70.4 Å². The number of hydrogen-bond acceptors (Lipinski definition) is 6. The first-order chi connectivity index (χ1) is 17.9. The fourth-order valence-electron chi connectivity index (χ4n) is 6.30. The maximum atomic E-state index is 13.7.